The molecule has 0 saturated carbocycles. The smallest absolute Gasteiger partial charge is 0.274 e. The fourth-order valence-electron chi connectivity index (χ4n) is 3.64. The van der Waals surface area contributed by atoms with Gasteiger partial charge in [0.05, 0.1) is 23.9 Å². The van der Waals surface area contributed by atoms with Crippen molar-refractivity contribution in [3.05, 3.63) is 18.1 Å². The summed E-state index contributed by atoms with van der Waals surface area (Å²) >= 11 is 0. The van der Waals surface area contributed by atoms with Crippen LogP contribution in [0.15, 0.2) is 12.4 Å². The van der Waals surface area contributed by atoms with E-state index in [1.165, 1.54) is 19.0 Å². The van der Waals surface area contributed by atoms with Gasteiger partial charge in [-0.25, -0.2) is 18.4 Å². The SMILES string of the molecule is CCN(c1cnc(C(=O)N2CCCCCC2)cn1)C1CCS(=O)(=O)C1. The summed E-state index contributed by atoms with van der Waals surface area (Å²) in [6, 6.07) is -0.0588. The highest BCUT2D eigenvalue weighted by atomic mass is 32.2. The fraction of sp³-hybridized carbons (Fsp3) is 0.706. The quantitative estimate of drug-likeness (QED) is 0.803. The van der Waals surface area contributed by atoms with Crippen LogP contribution in [0, 0.1) is 0 Å². The highest BCUT2D eigenvalue weighted by Gasteiger charge is 2.32. The molecular formula is C17H26N4O3S. The van der Waals surface area contributed by atoms with Crippen molar-refractivity contribution >= 4 is 21.6 Å². The maximum absolute atomic E-state index is 12.6. The summed E-state index contributed by atoms with van der Waals surface area (Å²) in [5.74, 6) is 0.967. The second-order valence-electron chi connectivity index (χ2n) is 6.81. The molecule has 0 N–H and O–H groups in total. The predicted molar refractivity (Wildman–Crippen MR) is 96.5 cm³/mol. The lowest BCUT2D eigenvalue weighted by molar-refractivity contribution is 0.0755. The molecule has 0 aliphatic carbocycles. The van der Waals surface area contributed by atoms with E-state index < -0.39 is 9.84 Å². The van der Waals surface area contributed by atoms with E-state index in [1.807, 2.05) is 16.7 Å². The van der Waals surface area contributed by atoms with Crippen LogP contribution in [-0.2, 0) is 9.84 Å². The number of sulfone groups is 1. The molecule has 1 aromatic heterocycles. The Hall–Kier alpha value is -1.70. The van der Waals surface area contributed by atoms with Crippen LogP contribution in [0.2, 0.25) is 0 Å². The van der Waals surface area contributed by atoms with Gasteiger partial charge in [-0.1, -0.05) is 12.8 Å². The van der Waals surface area contributed by atoms with Crippen LogP contribution in [0.1, 0.15) is 49.5 Å². The predicted octanol–water partition coefficient (Wildman–Crippen LogP) is 1.51. The molecule has 0 radical (unpaired) electrons. The minimum Gasteiger partial charge on any atom is -0.352 e. The number of carbonyl (C=O) groups excluding carboxylic acids is 1. The first-order chi connectivity index (χ1) is 12.0. The average molecular weight is 366 g/mol. The van der Waals surface area contributed by atoms with Gasteiger partial charge in [-0.05, 0) is 26.2 Å². The molecule has 0 bridgehead atoms. The third-order valence-corrected chi connectivity index (χ3v) is 6.79. The normalized spacial score (nSPS) is 23.2. The summed E-state index contributed by atoms with van der Waals surface area (Å²) in [6.07, 6.45) is 8.16. The van der Waals surface area contributed by atoms with E-state index in [0.717, 1.165) is 25.9 Å². The van der Waals surface area contributed by atoms with Crippen LogP contribution in [0.3, 0.4) is 0 Å². The molecule has 1 atom stereocenters. The van der Waals surface area contributed by atoms with Crippen LogP contribution in [-0.4, -0.2) is 66.4 Å². The summed E-state index contributed by atoms with van der Waals surface area (Å²) < 4.78 is 23.5. The van der Waals surface area contributed by atoms with E-state index in [0.29, 0.717) is 24.5 Å². The molecule has 1 amide bonds. The molecular weight excluding hydrogens is 340 g/mol. The van der Waals surface area contributed by atoms with Gasteiger partial charge in [0.15, 0.2) is 9.84 Å². The van der Waals surface area contributed by atoms with Crippen LogP contribution >= 0.6 is 0 Å². The molecule has 138 valence electrons. The second-order valence-corrected chi connectivity index (χ2v) is 9.04. The summed E-state index contributed by atoms with van der Waals surface area (Å²) in [6.45, 7) is 4.20. The van der Waals surface area contributed by atoms with E-state index in [4.69, 9.17) is 0 Å². The summed E-state index contributed by atoms with van der Waals surface area (Å²) in [4.78, 5) is 25.1. The van der Waals surface area contributed by atoms with E-state index >= 15 is 0 Å². The maximum atomic E-state index is 12.6. The first-order valence-electron chi connectivity index (χ1n) is 9.08. The first kappa shape index (κ1) is 18.1. The number of hydrogen-bond acceptors (Lipinski definition) is 6. The second kappa shape index (κ2) is 7.68. The van der Waals surface area contributed by atoms with Crippen LogP contribution in [0.4, 0.5) is 5.82 Å². The highest BCUT2D eigenvalue weighted by molar-refractivity contribution is 7.91. The van der Waals surface area contributed by atoms with Gasteiger partial charge in [-0.15, -0.1) is 0 Å². The van der Waals surface area contributed by atoms with Crippen molar-refractivity contribution in [2.45, 2.75) is 45.1 Å². The molecule has 2 saturated heterocycles. The van der Waals surface area contributed by atoms with Gasteiger partial charge < -0.3 is 9.80 Å². The van der Waals surface area contributed by atoms with Crippen molar-refractivity contribution in [1.29, 1.82) is 0 Å². The van der Waals surface area contributed by atoms with Gasteiger partial charge >= 0.3 is 0 Å². The molecule has 2 fully saturated rings. The molecule has 7 nitrogen and oxygen atoms in total. The topological polar surface area (TPSA) is 83.5 Å². The summed E-state index contributed by atoms with van der Waals surface area (Å²) in [5, 5.41) is 0. The average Bonchev–Trinajstić information content (AvgIpc) is 2.81. The van der Waals surface area contributed by atoms with Gasteiger partial charge in [-0.2, -0.15) is 0 Å². The first-order valence-corrected chi connectivity index (χ1v) is 10.9. The zero-order valence-electron chi connectivity index (χ0n) is 14.7. The zero-order chi connectivity index (χ0) is 17.9. The van der Waals surface area contributed by atoms with Crippen LogP contribution in [0.25, 0.3) is 0 Å². The Morgan fingerprint density at radius 1 is 1.20 bits per heavy atom. The van der Waals surface area contributed by atoms with Crippen molar-refractivity contribution in [3.63, 3.8) is 0 Å². The van der Waals surface area contributed by atoms with Crippen molar-refractivity contribution < 1.29 is 13.2 Å². The molecule has 2 aliphatic heterocycles. The molecule has 0 aromatic carbocycles. The number of amides is 1. The molecule has 3 heterocycles. The molecule has 1 unspecified atom stereocenters. The molecule has 25 heavy (non-hydrogen) atoms. The number of nitrogens with zero attached hydrogens (tertiary/aromatic N) is 4. The molecule has 1 aromatic rings. The van der Waals surface area contributed by atoms with Gasteiger partial charge in [0, 0.05) is 25.7 Å². The van der Waals surface area contributed by atoms with Crippen molar-refractivity contribution in [2.24, 2.45) is 0 Å². The lowest BCUT2D eigenvalue weighted by Crippen LogP contribution is -2.37. The lowest BCUT2D eigenvalue weighted by atomic mass is 10.2. The minimum absolute atomic E-state index is 0.0588. The Morgan fingerprint density at radius 3 is 2.44 bits per heavy atom. The standard InChI is InChI=1S/C17H26N4O3S/c1-2-21(14-7-10-25(23,24)13-14)16-12-18-15(11-19-16)17(22)20-8-5-3-4-6-9-20/h11-12,14H,2-10,13H2,1H3. The minimum atomic E-state index is -2.95. The van der Waals surface area contributed by atoms with Gasteiger partial charge in [-0.3, -0.25) is 4.79 Å². The van der Waals surface area contributed by atoms with E-state index in [9.17, 15) is 13.2 Å². The highest BCUT2D eigenvalue weighted by Crippen LogP contribution is 2.22. The van der Waals surface area contributed by atoms with Crippen molar-refractivity contribution in [3.8, 4) is 0 Å². The third kappa shape index (κ3) is 4.29. The number of hydrogen-bond donors (Lipinski definition) is 0. The molecule has 8 heteroatoms. The maximum Gasteiger partial charge on any atom is 0.274 e. The van der Waals surface area contributed by atoms with Crippen molar-refractivity contribution in [1.82, 2.24) is 14.9 Å². The monoisotopic (exact) mass is 366 g/mol. The summed E-state index contributed by atoms with van der Waals surface area (Å²) in [5.41, 5.74) is 0.362. The number of likely N-dealkylation sites (tertiary alicyclic amines) is 1. The molecule has 3 rings (SSSR count). The Labute approximate surface area is 149 Å². The lowest BCUT2D eigenvalue weighted by Gasteiger charge is -2.27. The number of carbonyl (C=O) groups is 1. The van der Waals surface area contributed by atoms with Gasteiger partial charge in [0.2, 0.25) is 0 Å². The summed E-state index contributed by atoms with van der Waals surface area (Å²) in [7, 11) is -2.95. The Kier molecular flexibility index (Phi) is 5.56. The van der Waals surface area contributed by atoms with E-state index in [-0.39, 0.29) is 23.5 Å². The molecule has 2 aliphatic rings. The Morgan fingerprint density at radius 2 is 1.92 bits per heavy atom. The third-order valence-electron chi connectivity index (χ3n) is 5.03. The van der Waals surface area contributed by atoms with Crippen LogP contribution in [0.5, 0.6) is 0 Å². The van der Waals surface area contributed by atoms with Gasteiger partial charge in [0.1, 0.15) is 11.5 Å². The zero-order valence-corrected chi connectivity index (χ0v) is 15.5. The number of anilines is 1. The Bertz CT molecular complexity index is 697. The van der Waals surface area contributed by atoms with Crippen molar-refractivity contribution in [2.75, 3.05) is 36.0 Å². The van der Waals surface area contributed by atoms with E-state index in [2.05, 4.69) is 9.97 Å². The van der Waals surface area contributed by atoms with Crippen LogP contribution < -0.4 is 4.90 Å². The van der Waals surface area contributed by atoms with Gasteiger partial charge in [0.25, 0.3) is 5.91 Å². The number of aromatic nitrogens is 2. The van der Waals surface area contributed by atoms with E-state index in [1.54, 1.807) is 6.20 Å². The number of rotatable bonds is 4. The Balaban J connectivity index is 1.71. The fourth-order valence-corrected chi connectivity index (χ4v) is 5.37. The molecule has 0 spiro atoms. The largest absolute Gasteiger partial charge is 0.352 e.